The highest BCUT2D eigenvalue weighted by molar-refractivity contribution is 8.18. The van der Waals surface area contributed by atoms with E-state index in [9.17, 15) is 37.7 Å². The quantitative estimate of drug-likeness (QED) is 0.190. The molecule has 3 aromatic carbocycles. The fraction of sp³-hybridized carbons (Fsp3) is 0.148. The molecule has 0 bridgehead atoms. The summed E-state index contributed by atoms with van der Waals surface area (Å²) in [6, 6.07) is 13.2. The van der Waals surface area contributed by atoms with Crippen molar-refractivity contribution < 1.29 is 37.2 Å². The van der Waals surface area contributed by atoms with Gasteiger partial charge in [0.25, 0.3) is 11.1 Å². The molecule has 9 nitrogen and oxygen atoms in total. The summed E-state index contributed by atoms with van der Waals surface area (Å²) in [4.78, 5) is 49.3. The van der Waals surface area contributed by atoms with Gasteiger partial charge in [-0.3, -0.25) is 29.4 Å². The first-order valence-corrected chi connectivity index (χ1v) is 12.4. The number of nitrogens with zero attached hydrogens (tertiary/aromatic N) is 2. The van der Waals surface area contributed by atoms with Crippen LogP contribution >= 0.6 is 11.8 Å². The maximum Gasteiger partial charge on any atom is 0.416 e. The van der Waals surface area contributed by atoms with Crippen molar-refractivity contribution in [1.82, 2.24) is 4.90 Å². The van der Waals surface area contributed by atoms with Crippen molar-refractivity contribution >= 4 is 46.3 Å². The van der Waals surface area contributed by atoms with Crippen molar-refractivity contribution in [2.75, 3.05) is 11.9 Å². The Morgan fingerprint density at radius 2 is 1.80 bits per heavy atom. The lowest BCUT2D eigenvalue weighted by Crippen LogP contribution is -2.36. The zero-order chi connectivity index (χ0) is 29.2. The van der Waals surface area contributed by atoms with E-state index in [1.54, 1.807) is 18.2 Å². The van der Waals surface area contributed by atoms with Crippen molar-refractivity contribution in [3.8, 4) is 11.5 Å². The summed E-state index contributed by atoms with van der Waals surface area (Å²) in [6.45, 7) is 3.18. The lowest BCUT2D eigenvalue weighted by molar-refractivity contribution is -0.385. The third-order valence-corrected chi connectivity index (χ3v) is 6.87. The lowest BCUT2D eigenvalue weighted by atomic mass is 10.1. The summed E-state index contributed by atoms with van der Waals surface area (Å²) in [5, 5.41) is 13.4. The van der Waals surface area contributed by atoms with Crippen LogP contribution in [0.4, 0.5) is 29.3 Å². The van der Waals surface area contributed by atoms with Gasteiger partial charge in [0.2, 0.25) is 11.7 Å². The van der Waals surface area contributed by atoms with Crippen LogP contribution in [0.15, 0.2) is 65.6 Å². The predicted molar refractivity (Wildman–Crippen MR) is 142 cm³/mol. The van der Waals surface area contributed by atoms with E-state index < -0.39 is 51.7 Å². The highest BCUT2D eigenvalue weighted by Gasteiger charge is 2.37. The molecule has 40 heavy (non-hydrogen) atoms. The molecule has 1 aliphatic rings. The average molecular weight is 572 g/mol. The molecule has 3 amide bonds. The van der Waals surface area contributed by atoms with Gasteiger partial charge in [-0.25, -0.2) is 0 Å². The number of alkyl halides is 3. The lowest BCUT2D eigenvalue weighted by Gasteiger charge is -2.14. The van der Waals surface area contributed by atoms with Crippen molar-refractivity contribution in [2.45, 2.75) is 20.0 Å². The summed E-state index contributed by atoms with van der Waals surface area (Å²) in [5.74, 6) is -1.77. The van der Waals surface area contributed by atoms with E-state index in [1.807, 2.05) is 19.9 Å². The molecule has 1 aliphatic heterocycles. The summed E-state index contributed by atoms with van der Waals surface area (Å²) in [6.07, 6.45) is -3.49. The SMILES string of the molecule is Cc1cccc(NC(=O)CN2C(=O)S/C(=C/c3ccccc3Oc3ccc(C(F)(F)F)cc3[N+](=O)[O-])C2=O)c1C. The van der Waals surface area contributed by atoms with Gasteiger partial charge < -0.3 is 10.1 Å². The van der Waals surface area contributed by atoms with Crippen molar-refractivity contribution in [1.29, 1.82) is 0 Å². The second-order valence-corrected chi connectivity index (χ2v) is 9.63. The number of amides is 3. The maximum absolute atomic E-state index is 13.0. The topological polar surface area (TPSA) is 119 Å². The van der Waals surface area contributed by atoms with Crippen LogP contribution in [0.3, 0.4) is 0 Å². The summed E-state index contributed by atoms with van der Waals surface area (Å²) >= 11 is 0.588. The number of nitrogens with one attached hydrogen (secondary N) is 1. The van der Waals surface area contributed by atoms with E-state index in [-0.39, 0.29) is 16.2 Å². The number of benzene rings is 3. The molecule has 206 valence electrons. The third-order valence-electron chi connectivity index (χ3n) is 5.96. The second-order valence-electron chi connectivity index (χ2n) is 8.64. The first-order valence-electron chi connectivity index (χ1n) is 11.6. The van der Waals surface area contributed by atoms with Crippen molar-refractivity contribution in [2.24, 2.45) is 0 Å². The number of nitro benzene ring substituents is 1. The average Bonchev–Trinajstić information content (AvgIpc) is 3.14. The van der Waals surface area contributed by atoms with E-state index in [0.29, 0.717) is 29.6 Å². The van der Waals surface area contributed by atoms with Gasteiger partial charge in [0.15, 0.2) is 0 Å². The molecule has 0 atom stereocenters. The molecule has 1 fully saturated rings. The number of hydrogen-bond donors (Lipinski definition) is 1. The van der Waals surface area contributed by atoms with Gasteiger partial charge in [-0.1, -0.05) is 30.3 Å². The van der Waals surface area contributed by atoms with Gasteiger partial charge in [-0.2, -0.15) is 13.2 Å². The first kappa shape index (κ1) is 28.4. The molecule has 3 aromatic rings. The number of hydrogen-bond acceptors (Lipinski definition) is 7. The molecular weight excluding hydrogens is 551 g/mol. The van der Waals surface area contributed by atoms with Gasteiger partial charge in [0.05, 0.1) is 15.4 Å². The summed E-state index contributed by atoms with van der Waals surface area (Å²) in [5.41, 5.74) is 0.456. The minimum absolute atomic E-state index is 0.00942. The molecule has 4 rings (SSSR count). The van der Waals surface area contributed by atoms with Gasteiger partial charge in [-0.05, 0) is 67.1 Å². The van der Waals surface area contributed by atoms with Crippen LogP contribution < -0.4 is 10.1 Å². The van der Waals surface area contributed by atoms with Crippen LogP contribution in [0, 0.1) is 24.0 Å². The Hall–Kier alpha value is -4.65. The summed E-state index contributed by atoms with van der Waals surface area (Å²) < 4.78 is 44.7. The second kappa shape index (κ2) is 11.2. The number of ether oxygens (including phenoxy) is 1. The largest absolute Gasteiger partial charge is 0.449 e. The fourth-order valence-electron chi connectivity index (χ4n) is 3.73. The fourth-order valence-corrected chi connectivity index (χ4v) is 4.56. The number of imide groups is 1. The van der Waals surface area contributed by atoms with Crippen molar-refractivity contribution in [3.05, 3.63) is 97.9 Å². The first-order chi connectivity index (χ1) is 18.8. The number of rotatable bonds is 7. The summed E-state index contributed by atoms with van der Waals surface area (Å²) in [7, 11) is 0. The van der Waals surface area contributed by atoms with Crippen LogP contribution in [-0.4, -0.2) is 33.4 Å². The molecule has 0 aliphatic carbocycles. The molecule has 0 unspecified atom stereocenters. The normalized spacial score (nSPS) is 14.5. The molecule has 13 heteroatoms. The standard InChI is InChI=1S/C27H20F3N3O6S/c1-15-6-5-8-19(16(15)2)31-24(34)14-32-25(35)23(40-26(32)36)12-17-7-3-4-9-21(17)39-22-11-10-18(27(28,29)30)13-20(22)33(37)38/h3-13H,14H2,1-2H3,(H,31,34)/b23-12+. The number of carbonyl (C=O) groups excluding carboxylic acids is 3. The Kier molecular flexibility index (Phi) is 7.96. The molecule has 0 spiro atoms. The number of aryl methyl sites for hydroxylation is 1. The number of carbonyl (C=O) groups is 3. The van der Waals surface area contributed by atoms with E-state index in [2.05, 4.69) is 5.32 Å². The van der Waals surface area contributed by atoms with Crippen LogP contribution in [0.1, 0.15) is 22.3 Å². The Balaban J connectivity index is 1.55. The maximum atomic E-state index is 13.0. The molecule has 1 saturated heterocycles. The minimum atomic E-state index is -4.79. The smallest absolute Gasteiger partial charge is 0.416 e. The molecular formula is C27H20F3N3O6S. The highest BCUT2D eigenvalue weighted by Crippen LogP contribution is 2.40. The van der Waals surface area contributed by atoms with Crippen LogP contribution in [-0.2, 0) is 15.8 Å². The predicted octanol–water partition coefficient (Wildman–Crippen LogP) is 6.70. The molecule has 0 aromatic heterocycles. The van der Waals surface area contributed by atoms with E-state index in [0.717, 1.165) is 22.1 Å². The third kappa shape index (κ3) is 6.15. The Bertz CT molecular complexity index is 1570. The zero-order valence-corrected chi connectivity index (χ0v) is 21.8. The Morgan fingerprint density at radius 1 is 1.07 bits per heavy atom. The van der Waals surface area contributed by atoms with Gasteiger partial charge in [0, 0.05) is 17.3 Å². The molecule has 0 saturated carbocycles. The number of nitro groups is 1. The van der Waals surface area contributed by atoms with Gasteiger partial charge >= 0.3 is 11.9 Å². The van der Waals surface area contributed by atoms with Gasteiger partial charge in [0.1, 0.15) is 12.3 Å². The molecule has 1 heterocycles. The Labute approximate surface area is 229 Å². The van der Waals surface area contributed by atoms with Crippen LogP contribution in [0.2, 0.25) is 0 Å². The highest BCUT2D eigenvalue weighted by atomic mass is 32.2. The number of thioether (sulfide) groups is 1. The van der Waals surface area contributed by atoms with Crippen LogP contribution in [0.5, 0.6) is 11.5 Å². The van der Waals surface area contributed by atoms with E-state index >= 15 is 0 Å². The zero-order valence-electron chi connectivity index (χ0n) is 20.9. The minimum Gasteiger partial charge on any atom is -0.449 e. The molecule has 0 radical (unpaired) electrons. The number of halogens is 3. The van der Waals surface area contributed by atoms with E-state index in [4.69, 9.17) is 4.74 Å². The van der Waals surface area contributed by atoms with E-state index in [1.165, 1.54) is 24.3 Å². The Morgan fingerprint density at radius 3 is 2.50 bits per heavy atom. The van der Waals surface area contributed by atoms with Gasteiger partial charge in [-0.15, -0.1) is 0 Å². The van der Waals surface area contributed by atoms with Crippen molar-refractivity contribution in [3.63, 3.8) is 0 Å². The molecule has 1 N–H and O–H groups in total. The number of para-hydroxylation sites is 1. The number of anilines is 1. The van der Waals surface area contributed by atoms with Crippen LogP contribution in [0.25, 0.3) is 6.08 Å². The monoisotopic (exact) mass is 571 g/mol.